The summed E-state index contributed by atoms with van der Waals surface area (Å²) in [6, 6.07) is 4.42. The van der Waals surface area contributed by atoms with Gasteiger partial charge in [-0.05, 0) is 31.4 Å². The van der Waals surface area contributed by atoms with Crippen molar-refractivity contribution < 1.29 is 4.74 Å². The Balaban J connectivity index is 2.45. The molecule has 2 N–H and O–H groups in total. The highest BCUT2D eigenvalue weighted by Crippen LogP contribution is 2.25. The Morgan fingerprint density at radius 1 is 1.50 bits per heavy atom. The molecule has 0 aromatic carbocycles. The van der Waals surface area contributed by atoms with Gasteiger partial charge in [0.2, 0.25) is 0 Å². The minimum Gasteiger partial charge on any atom is -0.384 e. The van der Waals surface area contributed by atoms with Crippen molar-refractivity contribution in [3.05, 3.63) is 21.9 Å². The lowest BCUT2D eigenvalue weighted by atomic mass is 10.0. The van der Waals surface area contributed by atoms with Crippen LogP contribution in [0.25, 0.3) is 0 Å². The first-order valence-electron chi connectivity index (χ1n) is 4.94. The van der Waals surface area contributed by atoms with Gasteiger partial charge in [-0.15, -0.1) is 11.3 Å². The molecule has 0 saturated carbocycles. The van der Waals surface area contributed by atoms with Crippen LogP contribution in [0.2, 0.25) is 0 Å². The van der Waals surface area contributed by atoms with Gasteiger partial charge < -0.3 is 10.5 Å². The third-order valence-electron chi connectivity index (χ3n) is 2.23. The fourth-order valence-electron chi connectivity index (χ4n) is 1.55. The molecule has 2 nitrogen and oxygen atoms in total. The van der Waals surface area contributed by atoms with Gasteiger partial charge in [0, 0.05) is 29.5 Å². The molecule has 0 radical (unpaired) electrons. The maximum atomic E-state index is 6.09. The van der Waals surface area contributed by atoms with Crippen molar-refractivity contribution in [2.45, 2.75) is 26.3 Å². The number of ether oxygens (including phenoxy) is 1. The van der Waals surface area contributed by atoms with E-state index in [9.17, 15) is 0 Å². The average molecular weight is 213 g/mol. The van der Waals surface area contributed by atoms with Crippen LogP contribution in [0.5, 0.6) is 0 Å². The van der Waals surface area contributed by atoms with E-state index >= 15 is 0 Å². The van der Waals surface area contributed by atoms with Crippen molar-refractivity contribution in [1.29, 1.82) is 0 Å². The Kier molecular flexibility index (Phi) is 4.58. The molecule has 1 aromatic heterocycles. The molecule has 2 unspecified atom stereocenters. The average Bonchev–Trinajstić information content (AvgIpc) is 2.52. The molecule has 0 aliphatic carbocycles. The van der Waals surface area contributed by atoms with Gasteiger partial charge in [0.1, 0.15) is 0 Å². The van der Waals surface area contributed by atoms with Crippen LogP contribution in [0.3, 0.4) is 0 Å². The monoisotopic (exact) mass is 213 g/mol. The Morgan fingerprint density at radius 3 is 2.71 bits per heavy atom. The highest BCUT2D eigenvalue weighted by atomic mass is 32.1. The molecule has 80 valence electrons. The summed E-state index contributed by atoms with van der Waals surface area (Å²) >= 11 is 1.79. The number of thiophene rings is 1. The van der Waals surface area contributed by atoms with Gasteiger partial charge in [-0.2, -0.15) is 0 Å². The molecule has 0 aliphatic rings. The molecule has 0 spiro atoms. The number of nitrogens with two attached hydrogens (primary N) is 1. The standard InChI is InChI=1S/C11H19NOS/c1-8(7-13-3)6-10(12)11-5-4-9(2)14-11/h4-5,8,10H,6-7,12H2,1-3H3. The van der Waals surface area contributed by atoms with E-state index in [4.69, 9.17) is 10.5 Å². The summed E-state index contributed by atoms with van der Waals surface area (Å²) in [5.41, 5.74) is 6.09. The Labute approximate surface area is 90.1 Å². The number of hydrogen-bond acceptors (Lipinski definition) is 3. The summed E-state index contributed by atoms with van der Waals surface area (Å²) in [5.74, 6) is 0.525. The molecular weight excluding hydrogens is 194 g/mol. The molecule has 14 heavy (non-hydrogen) atoms. The van der Waals surface area contributed by atoms with E-state index in [0.29, 0.717) is 5.92 Å². The summed E-state index contributed by atoms with van der Waals surface area (Å²) in [7, 11) is 1.73. The molecule has 0 aliphatic heterocycles. The third-order valence-corrected chi connectivity index (χ3v) is 3.37. The van der Waals surface area contributed by atoms with Gasteiger partial charge in [0.05, 0.1) is 0 Å². The molecular formula is C11H19NOS. The highest BCUT2D eigenvalue weighted by Gasteiger charge is 2.12. The van der Waals surface area contributed by atoms with Gasteiger partial charge in [-0.25, -0.2) is 0 Å². The van der Waals surface area contributed by atoms with Crippen molar-refractivity contribution in [1.82, 2.24) is 0 Å². The van der Waals surface area contributed by atoms with Crippen LogP contribution in [0.4, 0.5) is 0 Å². The van der Waals surface area contributed by atoms with Gasteiger partial charge >= 0.3 is 0 Å². The van der Waals surface area contributed by atoms with Crippen molar-refractivity contribution in [3.8, 4) is 0 Å². The lowest BCUT2D eigenvalue weighted by Gasteiger charge is -2.15. The van der Waals surface area contributed by atoms with E-state index in [1.54, 1.807) is 18.4 Å². The lowest BCUT2D eigenvalue weighted by molar-refractivity contribution is 0.152. The normalized spacial score (nSPS) is 15.4. The van der Waals surface area contributed by atoms with Gasteiger partial charge in [-0.1, -0.05) is 6.92 Å². The van der Waals surface area contributed by atoms with E-state index in [1.165, 1.54) is 9.75 Å². The van der Waals surface area contributed by atoms with E-state index in [-0.39, 0.29) is 6.04 Å². The molecule has 0 saturated heterocycles. The Morgan fingerprint density at radius 2 is 2.21 bits per heavy atom. The largest absolute Gasteiger partial charge is 0.384 e. The number of hydrogen-bond donors (Lipinski definition) is 1. The van der Waals surface area contributed by atoms with Crippen molar-refractivity contribution in [2.24, 2.45) is 11.7 Å². The molecule has 3 heteroatoms. The molecule has 0 amide bonds. The Hall–Kier alpha value is -0.380. The third kappa shape index (κ3) is 3.40. The van der Waals surface area contributed by atoms with Crippen LogP contribution in [0.1, 0.15) is 29.1 Å². The summed E-state index contributed by atoms with van der Waals surface area (Å²) < 4.78 is 5.09. The lowest BCUT2D eigenvalue weighted by Crippen LogP contribution is -2.15. The molecule has 1 aromatic rings. The zero-order valence-electron chi connectivity index (χ0n) is 9.12. The quantitative estimate of drug-likeness (QED) is 0.816. The second-order valence-corrected chi connectivity index (χ2v) is 5.17. The molecule has 0 bridgehead atoms. The summed E-state index contributed by atoms with van der Waals surface area (Å²) in [6.45, 7) is 5.07. The fourth-order valence-corrected chi connectivity index (χ4v) is 2.45. The van der Waals surface area contributed by atoms with Crippen LogP contribution < -0.4 is 5.73 Å². The molecule has 0 fully saturated rings. The number of rotatable bonds is 5. The minimum absolute atomic E-state index is 0.166. The molecule has 1 rings (SSSR count). The Bertz CT molecular complexity index is 272. The van der Waals surface area contributed by atoms with Crippen molar-refractivity contribution in [3.63, 3.8) is 0 Å². The van der Waals surface area contributed by atoms with Crippen LogP contribution >= 0.6 is 11.3 Å². The predicted molar refractivity (Wildman–Crippen MR) is 61.6 cm³/mol. The van der Waals surface area contributed by atoms with Crippen molar-refractivity contribution >= 4 is 11.3 Å². The zero-order valence-corrected chi connectivity index (χ0v) is 9.93. The second-order valence-electron chi connectivity index (χ2n) is 3.85. The predicted octanol–water partition coefficient (Wildman–Crippen LogP) is 2.73. The van der Waals surface area contributed by atoms with E-state index in [1.807, 2.05) is 0 Å². The highest BCUT2D eigenvalue weighted by molar-refractivity contribution is 7.12. The van der Waals surface area contributed by atoms with Crippen LogP contribution in [-0.4, -0.2) is 13.7 Å². The summed E-state index contributed by atoms with van der Waals surface area (Å²) in [6.07, 6.45) is 0.994. The maximum Gasteiger partial charge on any atom is 0.0488 e. The summed E-state index contributed by atoms with van der Waals surface area (Å²) in [5, 5.41) is 0. The van der Waals surface area contributed by atoms with Crippen molar-refractivity contribution in [2.75, 3.05) is 13.7 Å². The fraction of sp³-hybridized carbons (Fsp3) is 0.636. The second kappa shape index (κ2) is 5.49. The number of methoxy groups -OCH3 is 1. The topological polar surface area (TPSA) is 35.2 Å². The first-order valence-corrected chi connectivity index (χ1v) is 5.76. The zero-order chi connectivity index (χ0) is 10.6. The maximum absolute atomic E-state index is 6.09. The molecule has 2 atom stereocenters. The SMILES string of the molecule is COCC(C)CC(N)c1ccc(C)s1. The van der Waals surface area contributed by atoms with Crippen LogP contribution in [0, 0.1) is 12.8 Å². The molecule has 1 heterocycles. The van der Waals surface area contributed by atoms with Crippen LogP contribution in [0.15, 0.2) is 12.1 Å². The van der Waals surface area contributed by atoms with Gasteiger partial charge in [0.25, 0.3) is 0 Å². The first kappa shape index (κ1) is 11.7. The summed E-state index contributed by atoms with van der Waals surface area (Å²) in [4.78, 5) is 2.61. The van der Waals surface area contributed by atoms with E-state index in [2.05, 4.69) is 26.0 Å². The first-order chi connectivity index (χ1) is 6.63. The minimum atomic E-state index is 0.166. The number of aryl methyl sites for hydroxylation is 1. The van der Waals surface area contributed by atoms with E-state index in [0.717, 1.165) is 13.0 Å². The van der Waals surface area contributed by atoms with E-state index < -0.39 is 0 Å². The van der Waals surface area contributed by atoms with Gasteiger partial charge in [-0.3, -0.25) is 0 Å². The smallest absolute Gasteiger partial charge is 0.0488 e. The van der Waals surface area contributed by atoms with Gasteiger partial charge in [0.15, 0.2) is 0 Å². The van der Waals surface area contributed by atoms with Crippen LogP contribution in [-0.2, 0) is 4.74 Å².